The summed E-state index contributed by atoms with van der Waals surface area (Å²) in [6.07, 6.45) is 1.69. The molecule has 0 unspecified atom stereocenters. The van der Waals surface area contributed by atoms with Crippen LogP contribution in [0.2, 0.25) is 10.2 Å². The molecule has 0 bridgehead atoms. The van der Waals surface area contributed by atoms with E-state index in [1.165, 1.54) is 0 Å². The van der Waals surface area contributed by atoms with Gasteiger partial charge < -0.3 is 4.74 Å². The average molecular weight is 254 g/mol. The third-order valence-corrected chi connectivity index (χ3v) is 2.45. The fourth-order valence-corrected chi connectivity index (χ4v) is 1.51. The first kappa shape index (κ1) is 11.2. The van der Waals surface area contributed by atoms with Crippen LogP contribution in [-0.2, 0) is 6.61 Å². The van der Waals surface area contributed by atoms with Gasteiger partial charge in [0.15, 0.2) is 0 Å². The van der Waals surface area contributed by atoms with Gasteiger partial charge in [0.05, 0.1) is 0 Å². The molecule has 1 aromatic carbocycles. The molecule has 4 heteroatoms. The fraction of sp³-hybridized carbons (Fsp3) is 0.0833. The Morgan fingerprint density at radius 3 is 2.69 bits per heavy atom. The van der Waals surface area contributed by atoms with Gasteiger partial charge in [0.2, 0.25) is 0 Å². The third kappa shape index (κ3) is 3.12. The van der Waals surface area contributed by atoms with Crippen LogP contribution >= 0.6 is 23.2 Å². The van der Waals surface area contributed by atoms with Crippen molar-refractivity contribution in [3.8, 4) is 5.75 Å². The Kier molecular flexibility index (Phi) is 3.65. The Balaban J connectivity index is 1.99. The van der Waals surface area contributed by atoms with Gasteiger partial charge >= 0.3 is 0 Å². The molecule has 2 rings (SSSR count). The molecule has 0 fully saturated rings. The van der Waals surface area contributed by atoms with E-state index < -0.39 is 0 Å². The van der Waals surface area contributed by atoms with E-state index in [2.05, 4.69) is 4.98 Å². The van der Waals surface area contributed by atoms with Crippen LogP contribution in [0.5, 0.6) is 5.75 Å². The lowest BCUT2D eigenvalue weighted by Crippen LogP contribution is -1.95. The molecule has 0 radical (unpaired) electrons. The van der Waals surface area contributed by atoms with Crippen LogP contribution in [0.25, 0.3) is 0 Å². The normalized spacial score (nSPS) is 10.1. The van der Waals surface area contributed by atoms with Gasteiger partial charge in [-0.05, 0) is 24.3 Å². The molecule has 0 atom stereocenters. The molecule has 1 heterocycles. The molecule has 0 aliphatic rings. The number of hydrogen-bond donors (Lipinski definition) is 0. The highest BCUT2D eigenvalue weighted by molar-refractivity contribution is 6.30. The van der Waals surface area contributed by atoms with Gasteiger partial charge in [0.1, 0.15) is 17.5 Å². The van der Waals surface area contributed by atoms with E-state index in [1.54, 1.807) is 24.4 Å². The summed E-state index contributed by atoms with van der Waals surface area (Å²) in [7, 11) is 0. The zero-order valence-electron chi connectivity index (χ0n) is 8.36. The molecule has 82 valence electrons. The lowest BCUT2D eigenvalue weighted by atomic mass is 10.3. The first-order valence-corrected chi connectivity index (χ1v) is 5.48. The minimum atomic E-state index is 0.449. The van der Waals surface area contributed by atoms with E-state index in [0.717, 1.165) is 11.3 Å². The fourth-order valence-electron chi connectivity index (χ4n) is 1.22. The molecule has 16 heavy (non-hydrogen) atoms. The van der Waals surface area contributed by atoms with Gasteiger partial charge in [-0.3, -0.25) is 0 Å². The van der Waals surface area contributed by atoms with Crippen LogP contribution in [0.15, 0.2) is 42.6 Å². The number of hydrogen-bond acceptors (Lipinski definition) is 2. The summed E-state index contributed by atoms with van der Waals surface area (Å²) < 4.78 is 5.55. The lowest BCUT2D eigenvalue weighted by Gasteiger charge is -2.05. The number of ether oxygens (including phenoxy) is 1. The van der Waals surface area contributed by atoms with Gasteiger partial charge in [-0.25, -0.2) is 4.98 Å². The largest absolute Gasteiger partial charge is 0.489 e. The minimum Gasteiger partial charge on any atom is -0.489 e. The molecule has 2 nitrogen and oxygen atoms in total. The minimum absolute atomic E-state index is 0.449. The first-order valence-electron chi connectivity index (χ1n) is 4.73. The van der Waals surface area contributed by atoms with E-state index in [1.807, 2.05) is 18.2 Å². The van der Waals surface area contributed by atoms with Crippen molar-refractivity contribution in [2.24, 2.45) is 0 Å². The summed E-state index contributed by atoms with van der Waals surface area (Å²) in [4.78, 5) is 3.97. The summed E-state index contributed by atoms with van der Waals surface area (Å²) in [5.74, 6) is 0.738. The zero-order chi connectivity index (χ0) is 11.4. The van der Waals surface area contributed by atoms with Crippen LogP contribution in [0.3, 0.4) is 0 Å². The van der Waals surface area contributed by atoms with Crippen molar-refractivity contribution in [1.29, 1.82) is 0 Å². The Hall–Kier alpha value is -1.25. The Morgan fingerprint density at radius 2 is 2.00 bits per heavy atom. The van der Waals surface area contributed by atoms with Crippen LogP contribution < -0.4 is 4.74 Å². The highest BCUT2D eigenvalue weighted by Gasteiger charge is 1.97. The highest BCUT2D eigenvalue weighted by Crippen LogP contribution is 2.18. The SMILES string of the molecule is Clc1cccc(OCc2ccc(Cl)nc2)c1. The monoisotopic (exact) mass is 253 g/mol. The second-order valence-corrected chi connectivity index (χ2v) is 4.06. The van der Waals surface area contributed by atoms with Crippen molar-refractivity contribution in [1.82, 2.24) is 4.98 Å². The quantitative estimate of drug-likeness (QED) is 0.773. The molecule has 2 aromatic rings. The van der Waals surface area contributed by atoms with Crippen molar-refractivity contribution < 1.29 is 4.74 Å². The van der Waals surface area contributed by atoms with Crippen molar-refractivity contribution in [2.45, 2.75) is 6.61 Å². The first-order chi connectivity index (χ1) is 7.74. The molecule has 0 spiro atoms. The molecule has 0 amide bonds. The van der Waals surface area contributed by atoms with Crippen LogP contribution in [-0.4, -0.2) is 4.98 Å². The second kappa shape index (κ2) is 5.19. The molecule has 0 saturated heterocycles. The van der Waals surface area contributed by atoms with Crippen LogP contribution in [0.1, 0.15) is 5.56 Å². The van der Waals surface area contributed by atoms with Gasteiger partial charge in [-0.15, -0.1) is 0 Å². The summed E-state index contributed by atoms with van der Waals surface area (Å²) >= 11 is 11.5. The number of benzene rings is 1. The molecule has 0 aliphatic heterocycles. The topological polar surface area (TPSA) is 22.1 Å². The summed E-state index contributed by atoms with van der Waals surface area (Å²) in [5, 5.41) is 1.14. The van der Waals surface area contributed by atoms with Gasteiger partial charge in [-0.2, -0.15) is 0 Å². The maximum atomic E-state index is 5.84. The predicted molar refractivity (Wildman–Crippen MR) is 65.0 cm³/mol. The molecule has 0 saturated carbocycles. The van der Waals surface area contributed by atoms with Crippen molar-refractivity contribution in [3.63, 3.8) is 0 Å². The average Bonchev–Trinajstić information content (AvgIpc) is 2.28. The zero-order valence-corrected chi connectivity index (χ0v) is 9.87. The van der Waals surface area contributed by atoms with Crippen molar-refractivity contribution in [3.05, 3.63) is 58.3 Å². The number of rotatable bonds is 3. The number of pyridine rings is 1. The second-order valence-electron chi connectivity index (χ2n) is 3.24. The van der Waals surface area contributed by atoms with E-state index in [-0.39, 0.29) is 0 Å². The van der Waals surface area contributed by atoms with E-state index in [0.29, 0.717) is 16.8 Å². The highest BCUT2D eigenvalue weighted by atomic mass is 35.5. The summed E-state index contributed by atoms with van der Waals surface area (Å²) in [6.45, 7) is 0.449. The maximum absolute atomic E-state index is 5.84. The van der Waals surface area contributed by atoms with Crippen molar-refractivity contribution in [2.75, 3.05) is 0 Å². The maximum Gasteiger partial charge on any atom is 0.129 e. The van der Waals surface area contributed by atoms with E-state index in [9.17, 15) is 0 Å². The van der Waals surface area contributed by atoms with E-state index >= 15 is 0 Å². The third-order valence-electron chi connectivity index (χ3n) is 1.99. The number of aromatic nitrogens is 1. The Morgan fingerprint density at radius 1 is 1.12 bits per heavy atom. The lowest BCUT2D eigenvalue weighted by molar-refractivity contribution is 0.306. The number of nitrogens with zero attached hydrogens (tertiary/aromatic N) is 1. The molecule has 0 N–H and O–H groups in total. The van der Waals surface area contributed by atoms with Gasteiger partial charge in [0.25, 0.3) is 0 Å². The number of halogens is 2. The van der Waals surface area contributed by atoms with Crippen LogP contribution in [0.4, 0.5) is 0 Å². The summed E-state index contributed by atoms with van der Waals surface area (Å²) in [5.41, 5.74) is 0.962. The van der Waals surface area contributed by atoms with Gasteiger partial charge in [0, 0.05) is 16.8 Å². The molecule has 1 aromatic heterocycles. The van der Waals surface area contributed by atoms with E-state index in [4.69, 9.17) is 27.9 Å². The summed E-state index contributed by atoms with van der Waals surface area (Å²) in [6, 6.07) is 10.9. The van der Waals surface area contributed by atoms with Crippen LogP contribution in [0, 0.1) is 0 Å². The predicted octanol–water partition coefficient (Wildman–Crippen LogP) is 3.97. The smallest absolute Gasteiger partial charge is 0.129 e. The Bertz CT molecular complexity index is 471. The molecular formula is C12H9Cl2NO. The molecule has 0 aliphatic carbocycles. The standard InChI is InChI=1S/C12H9Cl2NO/c13-10-2-1-3-11(6-10)16-8-9-4-5-12(14)15-7-9/h1-7H,8H2. The van der Waals surface area contributed by atoms with Gasteiger partial charge in [-0.1, -0.05) is 35.3 Å². The molecular weight excluding hydrogens is 245 g/mol. The Labute approximate surface area is 104 Å². The van der Waals surface area contributed by atoms with Crippen molar-refractivity contribution >= 4 is 23.2 Å².